The molecule has 4 aromatic rings. The molecule has 10 nitrogen and oxygen atoms in total. The van der Waals surface area contributed by atoms with Gasteiger partial charge >= 0.3 is 5.69 Å². The van der Waals surface area contributed by atoms with Gasteiger partial charge in [0.05, 0.1) is 16.7 Å². The first kappa shape index (κ1) is 18.1. The summed E-state index contributed by atoms with van der Waals surface area (Å²) in [6.07, 6.45) is 0.269. The van der Waals surface area contributed by atoms with E-state index in [-0.39, 0.29) is 29.5 Å². The Bertz CT molecular complexity index is 1430. The van der Waals surface area contributed by atoms with Crippen molar-refractivity contribution < 1.29 is 4.79 Å². The lowest BCUT2D eigenvalue weighted by Gasteiger charge is -2.24. The van der Waals surface area contributed by atoms with Crippen molar-refractivity contribution in [2.24, 2.45) is 14.1 Å². The maximum absolute atomic E-state index is 12.6. The third-order valence-corrected chi connectivity index (χ3v) is 5.68. The summed E-state index contributed by atoms with van der Waals surface area (Å²) < 4.78 is 4.73. The Hall–Kier alpha value is -3.95. The van der Waals surface area contributed by atoms with Gasteiger partial charge in [-0.2, -0.15) is 14.9 Å². The first-order valence-electron chi connectivity index (χ1n) is 9.46. The molecule has 1 aliphatic rings. The summed E-state index contributed by atoms with van der Waals surface area (Å²) >= 11 is 0. The second-order valence-corrected chi connectivity index (χ2v) is 7.49. The topological polar surface area (TPSA) is 120 Å². The molecule has 1 aromatic carbocycles. The fourth-order valence-electron chi connectivity index (χ4n) is 4.19. The molecule has 0 spiro atoms. The number of carbonyl (C=O) groups is 1. The molecule has 0 saturated heterocycles. The van der Waals surface area contributed by atoms with E-state index in [1.165, 1.54) is 10.7 Å². The van der Waals surface area contributed by atoms with Crippen molar-refractivity contribution in [2.45, 2.75) is 19.3 Å². The van der Waals surface area contributed by atoms with E-state index in [2.05, 4.69) is 20.6 Å². The molecular formula is C20H19N7O3. The third kappa shape index (κ3) is 2.53. The average Bonchev–Trinajstić information content (AvgIpc) is 3.17. The Morgan fingerprint density at radius 3 is 2.53 bits per heavy atom. The van der Waals surface area contributed by atoms with E-state index >= 15 is 0 Å². The van der Waals surface area contributed by atoms with Gasteiger partial charge in [0.15, 0.2) is 5.82 Å². The number of nitrogens with one attached hydrogen (secondary N) is 2. The Labute approximate surface area is 169 Å². The van der Waals surface area contributed by atoms with Crippen LogP contribution in [0.4, 0.5) is 5.82 Å². The van der Waals surface area contributed by atoms with E-state index in [4.69, 9.17) is 0 Å². The van der Waals surface area contributed by atoms with Crippen LogP contribution in [0.3, 0.4) is 0 Å². The monoisotopic (exact) mass is 405 g/mol. The Morgan fingerprint density at radius 1 is 1.03 bits per heavy atom. The van der Waals surface area contributed by atoms with Crippen LogP contribution < -0.4 is 16.6 Å². The SMILES string of the molecule is Cc1nn(-c2ccc(=O)[nH]n2)c2c1[C@H](c1ccc3c(c1)n(C)c(=O)n3C)CC(=O)N2. The van der Waals surface area contributed by atoms with Gasteiger partial charge in [0.1, 0.15) is 5.82 Å². The number of anilines is 1. The van der Waals surface area contributed by atoms with E-state index in [1.807, 2.05) is 25.1 Å². The van der Waals surface area contributed by atoms with Crippen LogP contribution in [0, 0.1) is 6.92 Å². The molecule has 3 aromatic heterocycles. The number of H-pyrrole nitrogens is 1. The predicted octanol–water partition coefficient (Wildman–Crippen LogP) is 0.929. The summed E-state index contributed by atoms with van der Waals surface area (Å²) in [6, 6.07) is 8.72. The van der Waals surface area contributed by atoms with Crippen LogP contribution in [0.2, 0.25) is 0 Å². The summed E-state index contributed by atoms with van der Waals surface area (Å²) in [4.78, 5) is 36.2. The molecule has 152 valence electrons. The van der Waals surface area contributed by atoms with Crippen LogP contribution in [0.25, 0.3) is 16.9 Å². The van der Waals surface area contributed by atoms with Gasteiger partial charge in [-0.3, -0.25) is 18.7 Å². The Balaban J connectivity index is 1.69. The smallest absolute Gasteiger partial charge is 0.310 e. The molecular weight excluding hydrogens is 386 g/mol. The second-order valence-electron chi connectivity index (χ2n) is 7.49. The number of carbonyl (C=O) groups excluding carboxylic acids is 1. The van der Waals surface area contributed by atoms with Crippen molar-refractivity contribution in [2.75, 3.05) is 5.32 Å². The lowest BCUT2D eigenvalue weighted by atomic mass is 9.85. The van der Waals surface area contributed by atoms with E-state index in [0.29, 0.717) is 11.6 Å². The van der Waals surface area contributed by atoms with Crippen molar-refractivity contribution in [1.82, 2.24) is 29.1 Å². The quantitative estimate of drug-likeness (QED) is 0.514. The van der Waals surface area contributed by atoms with Gasteiger partial charge in [-0.05, 0) is 30.7 Å². The normalized spacial score (nSPS) is 16.0. The zero-order valence-corrected chi connectivity index (χ0v) is 16.6. The predicted molar refractivity (Wildman–Crippen MR) is 110 cm³/mol. The number of benzene rings is 1. The molecule has 1 aliphatic heterocycles. The minimum Gasteiger partial charge on any atom is -0.310 e. The van der Waals surface area contributed by atoms with Gasteiger partial charge in [-0.25, -0.2) is 9.89 Å². The molecule has 10 heteroatoms. The van der Waals surface area contributed by atoms with E-state index < -0.39 is 0 Å². The maximum Gasteiger partial charge on any atom is 0.328 e. The molecule has 5 rings (SSSR count). The van der Waals surface area contributed by atoms with Crippen molar-refractivity contribution in [1.29, 1.82) is 0 Å². The molecule has 0 aliphatic carbocycles. The number of aromatic amines is 1. The van der Waals surface area contributed by atoms with Crippen LogP contribution in [0.5, 0.6) is 0 Å². The lowest BCUT2D eigenvalue weighted by molar-refractivity contribution is -0.116. The first-order chi connectivity index (χ1) is 14.3. The lowest BCUT2D eigenvalue weighted by Crippen LogP contribution is -2.25. The number of imidazole rings is 1. The van der Waals surface area contributed by atoms with Crippen LogP contribution in [-0.4, -0.2) is 35.0 Å². The van der Waals surface area contributed by atoms with Gasteiger partial charge in [-0.1, -0.05) is 6.07 Å². The van der Waals surface area contributed by atoms with Crippen LogP contribution in [-0.2, 0) is 18.9 Å². The molecule has 0 radical (unpaired) electrons. The minimum atomic E-state index is -0.319. The van der Waals surface area contributed by atoms with E-state index in [9.17, 15) is 14.4 Å². The van der Waals surface area contributed by atoms with Crippen molar-refractivity contribution in [3.05, 3.63) is 68.0 Å². The fourth-order valence-corrected chi connectivity index (χ4v) is 4.19. The Kier molecular flexibility index (Phi) is 3.79. The van der Waals surface area contributed by atoms with Crippen LogP contribution >= 0.6 is 0 Å². The molecule has 0 fully saturated rings. The number of aromatic nitrogens is 6. The minimum absolute atomic E-state index is 0.0997. The van der Waals surface area contributed by atoms with Gasteiger partial charge in [0.2, 0.25) is 5.91 Å². The molecule has 30 heavy (non-hydrogen) atoms. The summed E-state index contributed by atoms with van der Waals surface area (Å²) in [5.41, 5.74) is 3.79. The molecule has 2 N–H and O–H groups in total. The Morgan fingerprint density at radius 2 is 1.80 bits per heavy atom. The zero-order valence-electron chi connectivity index (χ0n) is 16.6. The maximum atomic E-state index is 12.6. The molecule has 1 amide bonds. The van der Waals surface area contributed by atoms with Gasteiger partial charge < -0.3 is 5.32 Å². The largest absolute Gasteiger partial charge is 0.328 e. The molecule has 0 saturated carbocycles. The highest BCUT2D eigenvalue weighted by molar-refractivity contribution is 5.95. The van der Waals surface area contributed by atoms with Crippen molar-refractivity contribution >= 4 is 22.8 Å². The summed E-state index contributed by atoms with van der Waals surface area (Å²) in [7, 11) is 3.47. The number of hydrogen-bond acceptors (Lipinski definition) is 5. The van der Waals surface area contributed by atoms with Crippen LogP contribution in [0.1, 0.15) is 29.2 Å². The summed E-state index contributed by atoms with van der Waals surface area (Å²) in [6.45, 7) is 1.88. The van der Waals surface area contributed by atoms with Crippen molar-refractivity contribution in [3.63, 3.8) is 0 Å². The van der Waals surface area contributed by atoms with Crippen LogP contribution in [0.15, 0.2) is 39.9 Å². The van der Waals surface area contributed by atoms with Gasteiger partial charge in [0.25, 0.3) is 5.56 Å². The summed E-state index contributed by atoms with van der Waals surface area (Å²) in [5.74, 6) is 0.584. The zero-order chi connectivity index (χ0) is 21.2. The highest BCUT2D eigenvalue weighted by Gasteiger charge is 2.33. The number of nitrogens with zero attached hydrogens (tertiary/aromatic N) is 5. The first-order valence-corrected chi connectivity index (χ1v) is 9.46. The highest BCUT2D eigenvalue weighted by atomic mass is 16.2. The highest BCUT2D eigenvalue weighted by Crippen LogP contribution is 2.40. The number of hydrogen-bond donors (Lipinski definition) is 2. The van der Waals surface area contributed by atoms with E-state index in [1.54, 1.807) is 29.3 Å². The van der Waals surface area contributed by atoms with Gasteiger partial charge in [-0.15, -0.1) is 0 Å². The van der Waals surface area contributed by atoms with Gasteiger partial charge in [0, 0.05) is 38.1 Å². The third-order valence-electron chi connectivity index (χ3n) is 5.68. The number of fused-ring (bicyclic) bond motifs is 2. The number of aryl methyl sites for hydroxylation is 3. The van der Waals surface area contributed by atoms with Crippen molar-refractivity contribution in [3.8, 4) is 5.82 Å². The second kappa shape index (κ2) is 6.28. The molecule has 4 heterocycles. The molecule has 0 unspecified atom stereocenters. The standard InChI is InChI=1S/C20H19N7O3/c1-10-18-12(11-4-5-13-14(8-11)26(3)20(30)25(13)2)9-17(29)21-19(18)27(24-10)15-6-7-16(28)23-22-15/h4-8,12H,9H2,1-3H3,(H,21,29)(H,23,28)/t12-/m0/s1. The number of amides is 1. The molecule has 1 atom stereocenters. The fraction of sp³-hybridized carbons (Fsp3) is 0.250. The average molecular weight is 405 g/mol. The summed E-state index contributed by atoms with van der Waals surface area (Å²) in [5, 5.41) is 13.9. The van der Waals surface area contributed by atoms with E-state index in [0.717, 1.165) is 27.9 Å². The number of rotatable bonds is 2. The molecule has 0 bridgehead atoms.